The van der Waals surface area contributed by atoms with Crippen molar-refractivity contribution in [3.63, 3.8) is 0 Å². The van der Waals surface area contributed by atoms with E-state index < -0.39 is 5.97 Å². The molecule has 0 amide bonds. The summed E-state index contributed by atoms with van der Waals surface area (Å²) in [5.74, 6) is 3.78. The summed E-state index contributed by atoms with van der Waals surface area (Å²) in [4.78, 5) is 10.2. The smallest absolute Gasteiger partial charge is 0.335 e. The van der Waals surface area contributed by atoms with E-state index in [1.165, 1.54) is 0 Å². The van der Waals surface area contributed by atoms with Crippen LogP contribution in [0.4, 0.5) is 0 Å². The van der Waals surface area contributed by atoms with Gasteiger partial charge in [0.25, 0.3) is 0 Å². The fourth-order valence-electron chi connectivity index (χ4n) is 0.581. The molecule has 0 saturated carbocycles. The number of nitrogens with two attached hydrogens (primary N) is 2. The van der Waals surface area contributed by atoms with E-state index in [9.17, 15) is 4.79 Å². The molecule has 0 atom stereocenters. The lowest BCUT2D eigenvalue weighted by molar-refractivity contribution is 0.0697. The number of nitrogens with one attached hydrogen (secondary N) is 1. The molecule has 14 heavy (non-hydrogen) atoms. The zero-order valence-electron chi connectivity index (χ0n) is 7.31. The van der Waals surface area contributed by atoms with Crippen LogP contribution in [-0.4, -0.2) is 16.2 Å². The fraction of sp³-hybridized carbons (Fsp3) is 0. The number of carboxylic acid groups (broad SMARTS) is 1. The van der Waals surface area contributed by atoms with Crippen LogP contribution < -0.4 is 17.0 Å². The number of hydrogen-bond donors (Lipinski definition) is 4. The third kappa shape index (κ3) is 5.92. The molecule has 5 nitrogen and oxygen atoms in total. The lowest BCUT2D eigenvalue weighted by Crippen LogP contribution is -2.34. The van der Waals surface area contributed by atoms with Crippen LogP contribution in [0.2, 0.25) is 0 Å². The molecular weight excluding hydrogens is 202 g/mol. The highest BCUT2D eigenvalue weighted by Gasteiger charge is 1.96. The summed E-state index contributed by atoms with van der Waals surface area (Å²) in [5, 5.41) is 8.50. The van der Waals surface area contributed by atoms with Gasteiger partial charge in [-0.05, 0) is 24.4 Å². The van der Waals surface area contributed by atoms with E-state index in [1.54, 1.807) is 30.3 Å². The Labute approximate surface area is 86.7 Å². The minimum Gasteiger partial charge on any atom is -0.478 e. The number of rotatable bonds is 1. The van der Waals surface area contributed by atoms with Crippen molar-refractivity contribution in [1.82, 2.24) is 5.43 Å². The lowest BCUT2D eigenvalue weighted by Gasteiger charge is -1.88. The van der Waals surface area contributed by atoms with E-state index in [0.717, 1.165) is 0 Å². The van der Waals surface area contributed by atoms with Crippen molar-refractivity contribution in [1.29, 1.82) is 0 Å². The van der Waals surface area contributed by atoms with E-state index in [1.807, 2.05) is 5.43 Å². The van der Waals surface area contributed by atoms with Gasteiger partial charge >= 0.3 is 5.97 Å². The van der Waals surface area contributed by atoms with Gasteiger partial charge in [-0.1, -0.05) is 18.2 Å². The quantitative estimate of drug-likeness (QED) is 0.299. The van der Waals surface area contributed by atoms with Gasteiger partial charge in [-0.25, -0.2) is 10.6 Å². The van der Waals surface area contributed by atoms with Crippen LogP contribution in [0.1, 0.15) is 10.4 Å². The molecule has 1 aromatic carbocycles. The average Bonchev–Trinajstić information content (AvgIpc) is 2.20. The number of benzene rings is 1. The van der Waals surface area contributed by atoms with Crippen molar-refractivity contribution in [3.8, 4) is 0 Å². The summed E-state index contributed by atoms with van der Waals surface area (Å²) in [6.07, 6.45) is 0. The molecule has 0 radical (unpaired) electrons. The minimum atomic E-state index is -0.879. The SMILES string of the molecule is NNC(N)=S.O=C(O)c1ccccc1. The summed E-state index contributed by atoms with van der Waals surface area (Å²) >= 11 is 4.24. The van der Waals surface area contributed by atoms with Gasteiger partial charge in [-0.3, -0.25) is 0 Å². The molecule has 6 heteroatoms. The van der Waals surface area contributed by atoms with Crippen molar-refractivity contribution in [3.05, 3.63) is 35.9 Å². The predicted molar refractivity (Wildman–Crippen MR) is 57.5 cm³/mol. The van der Waals surface area contributed by atoms with Crippen molar-refractivity contribution in [2.24, 2.45) is 11.6 Å². The number of thiocarbonyl (C=S) groups is 1. The molecule has 0 aliphatic rings. The molecule has 0 unspecified atom stereocenters. The second kappa shape index (κ2) is 6.81. The Kier molecular flexibility index (Phi) is 6.01. The molecule has 0 saturated heterocycles. The Bertz CT molecular complexity index is 303. The second-order valence-electron chi connectivity index (χ2n) is 2.18. The number of carboxylic acids is 1. The predicted octanol–water partition coefficient (Wildman–Crippen LogP) is 0.0781. The molecule has 1 aromatic rings. The Morgan fingerprint density at radius 1 is 1.36 bits per heavy atom. The van der Waals surface area contributed by atoms with Crippen LogP contribution in [0.3, 0.4) is 0 Å². The van der Waals surface area contributed by atoms with Gasteiger partial charge in [-0.15, -0.1) is 0 Å². The van der Waals surface area contributed by atoms with Gasteiger partial charge < -0.3 is 16.3 Å². The fourth-order valence-corrected chi connectivity index (χ4v) is 0.581. The largest absolute Gasteiger partial charge is 0.478 e. The standard InChI is InChI=1S/C7H6O2.CH5N3S/c8-7(9)6-4-2-1-3-5-6;2-1(5)4-3/h1-5H,(H,8,9);3H2,(H3,2,4,5). The summed E-state index contributed by atoms with van der Waals surface area (Å²) in [6.45, 7) is 0. The van der Waals surface area contributed by atoms with E-state index in [4.69, 9.17) is 10.8 Å². The number of carbonyl (C=O) groups is 1. The van der Waals surface area contributed by atoms with Crippen LogP contribution in [0.5, 0.6) is 0 Å². The van der Waals surface area contributed by atoms with E-state index >= 15 is 0 Å². The first kappa shape index (κ1) is 12.3. The highest BCUT2D eigenvalue weighted by Crippen LogP contribution is 1.96. The number of hydrogen-bond acceptors (Lipinski definition) is 3. The normalized spacial score (nSPS) is 8.07. The molecule has 0 aliphatic heterocycles. The van der Waals surface area contributed by atoms with Crippen molar-refractivity contribution in [2.45, 2.75) is 0 Å². The zero-order chi connectivity index (χ0) is 11.0. The van der Waals surface area contributed by atoms with Crippen LogP contribution >= 0.6 is 12.2 Å². The first-order chi connectivity index (χ1) is 6.57. The summed E-state index contributed by atoms with van der Waals surface area (Å²) < 4.78 is 0. The maximum absolute atomic E-state index is 10.2. The van der Waals surface area contributed by atoms with Gasteiger partial charge in [-0.2, -0.15) is 0 Å². The van der Waals surface area contributed by atoms with Crippen LogP contribution in [0, 0.1) is 0 Å². The van der Waals surface area contributed by atoms with Gasteiger partial charge in [0.1, 0.15) is 0 Å². The first-order valence-corrected chi connectivity index (χ1v) is 4.03. The third-order valence-electron chi connectivity index (χ3n) is 1.16. The molecule has 0 aliphatic carbocycles. The van der Waals surface area contributed by atoms with Crippen LogP contribution in [-0.2, 0) is 0 Å². The second-order valence-corrected chi connectivity index (χ2v) is 2.62. The monoisotopic (exact) mass is 213 g/mol. The molecule has 0 bridgehead atoms. The third-order valence-corrected chi connectivity index (χ3v) is 1.28. The maximum Gasteiger partial charge on any atom is 0.335 e. The molecule has 6 N–H and O–H groups in total. The number of aromatic carboxylic acids is 1. The van der Waals surface area contributed by atoms with Crippen molar-refractivity contribution < 1.29 is 9.90 Å². The van der Waals surface area contributed by atoms with Crippen LogP contribution in [0.15, 0.2) is 30.3 Å². The average molecular weight is 213 g/mol. The molecule has 76 valence electrons. The Balaban J connectivity index is 0.000000292. The molecule has 0 heterocycles. The highest BCUT2D eigenvalue weighted by atomic mass is 32.1. The maximum atomic E-state index is 10.2. The van der Waals surface area contributed by atoms with E-state index in [2.05, 4.69) is 18.1 Å². The first-order valence-electron chi connectivity index (χ1n) is 3.62. The molecular formula is C8H11N3O2S. The van der Waals surface area contributed by atoms with Gasteiger partial charge in [0.15, 0.2) is 5.11 Å². The molecule has 1 rings (SSSR count). The molecule has 0 spiro atoms. The highest BCUT2D eigenvalue weighted by molar-refractivity contribution is 7.80. The van der Waals surface area contributed by atoms with Crippen molar-refractivity contribution >= 4 is 23.3 Å². The summed E-state index contributed by atoms with van der Waals surface area (Å²) in [5.41, 5.74) is 7.16. The van der Waals surface area contributed by atoms with Gasteiger partial charge in [0, 0.05) is 0 Å². The summed E-state index contributed by atoms with van der Waals surface area (Å²) in [7, 11) is 0. The molecule has 0 aromatic heterocycles. The minimum absolute atomic E-state index is 0.116. The lowest BCUT2D eigenvalue weighted by atomic mass is 10.2. The topological polar surface area (TPSA) is 101 Å². The Hall–Kier alpha value is -1.66. The van der Waals surface area contributed by atoms with Crippen molar-refractivity contribution in [2.75, 3.05) is 0 Å². The molecule has 0 fully saturated rings. The summed E-state index contributed by atoms with van der Waals surface area (Å²) in [6, 6.07) is 8.30. The van der Waals surface area contributed by atoms with E-state index in [0.29, 0.717) is 5.56 Å². The van der Waals surface area contributed by atoms with Gasteiger partial charge in [0.05, 0.1) is 5.56 Å². The zero-order valence-corrected chi connectivity index (χ0v) is 8.12. The van der Waals surface area contributed by atoms with Gasteiger partial charge in [0.2, 0.25) is 0 Å². The Morgan fingerprint density at radius 2 is 1.79 bits per heavy atom. The van der Waals surface area contributed by atoms with Crippen LogP contribution in [0.25, 0.3) is 0 Å². The van der Waals surface area contributed by atoms with E-state index in [-0.39, 0.29) is 5.11 Å². The number of hydrazine groups is 1. The Morgan fingerprint density at radius 3 is 2.00 bits per heavy atom.